The second kappa shape index (κ2) is 5.03. The number of nitrogens with zero attached hydrogens (tertiary/aromatic N) is 1. The van der Waals surface area contributed by atoms with Gasteiger partial charge in [-0.25, -0.2) is 0 Å². The number of nitrogen functional groups attached to an aromatic ring is 1. The van der Waals surface area contributed by atoms with Crippen LogP contribution in [-0.2, 0) is 4.74 Å². The van der Waals surface area contributed by atoms with Crippen LogP contribution in [0.2, 0.25) is 0 Å². The molecule has 0 amide bonds. The highest BCUT2D eigenvalue weighted by atomic mass is 16.5. The van der Waals surface area contributed by atoms with E-state index < -0.39 is 0 Å². The van der Waals surface area contributed by atoms with E-state index in [-0.39, 0.29) is 0 Å². The Morgan fingerprint density at radius 2 is 2.13 bits per heavy atom. The molecule has 0 heterocycles. The van der Waals surface area contributed by atoms with Crippen molar-refractivity contribution in [2.45, 2.75) is 19.9 Å². The molecular formula is C12H20N2O. The largest absolute Gasteiger partial charge is 0.399 e. The molecule has 3 heteroatoms. The molecule has 0 aliphatic heterocycles. The number of methoxy groups -OCH3 is 1. The lowest BCUT2D eigenvalue weighted by Gasteiger charge is -2.26. The lowest BCUT2D eigenvalue weighted by molar-refractivity contribution is 0.183. The van der Waals surface area contributed by atoms with Gasteiger partial charge >= 0.3 is 0 Å². The second-order valence-electron chi connectivity index (χ2n) is 3.96. The van der Waals surface area contributed by atoms with Crippen LogP contribution in [0.5, 0.6) is 0 Å². The van der Waals surface area contributed by atoms with Crippen LogP contribution in [0, 0.1) is 6.92 Å². The van der Waals surface area contributed by atoms with Crippen LogP contribution in [0.1, 0.15) is 12.5 Å². The van der Waals surface area contributed by atoms with E-state index in [1.807, 2.05) is 19.1 Å². The number of ether oxygens (including phenoxy) is 1. The summed E-state index contributed by atoms with van der Waals surface area (Å²) in [7, 11) is 3.78. The maximum atomic E-state index is 5.78. The highest BCUT2D eigenvalue weighted by Gasteiger charge is 2.09. The molecule has 3 nitrogen and oxygen atoms in total. The molecule has 84 valence electrons. The summed E-state index contributed by atoms with van der Waals surface area (Å²) in [4.78, 5) is 2.19. The van der Waals surface area contributed by atoms with E-state index in [1.54, 1.807) is 7.11 Å². The minimum Gasteiger partial charge on any atom is -0.399 e. The maximum Gasteiger partial charge on any atom is 0.0663 e. The van der Waals surface area contributed by atoms with Crippen molar-refractivity contribution in [3.05, 3.63) is 23.8 Å². The summed E-state index contributed by atoms with van der Waals surface area (Å²) in [5.74, 6) is 0. The average molecular weight is 208 g/mol. The predicted octanol–water partition coefficient (Wildman–Crippen LogP) is 2.05. The molecule has 1 unspecified atom stereocenters. The molecule has 0 spiro atoms. The number of nitrogens with two attached hydrogens (primary N) is 1. The van der Waals surface area contributed by atoms with Gasteiger partial charge in [-0.3, -0.25) is 0 Å². The molecule has 0 saturated heterocycles. The standard InChI is InChI=1S/C12H20N2O/c1-9-7-11(5-6-12(9)13)14(3)10(2)8-15-4/h5-7,10H,8,13H2,1-4H3. The minimum atomic E-state index is 0.359. The number of benzene rings is 1. The van der Waals surface area contributed by atoms with Crippen LogP contribution in [0.4, 0.5) is 11.4 Å². The van der Waals surface area contributed by atoms with Gasteiger partial charge in [0.25, 0.3) is 0 Å². The maximum absolute atomic E-state index is 5.78. The molecule has 0 aliphatic carbocycles. The van der Waals surface area contributed by atoms with E-state index in [4.69, 9.17) is 10.5 Å². The number of hydrogen-bond acceptors (Lipinski definition) is 3. The van der Waals surface area contributed by atoms with E-state index in [1.165, 1.54) is 5.69 Å². The number of aryl methyl sites for hydroxylation is 1. The van der Waals surface area contributed by atoms with Crippen molar-refractivity contribution in [3.8, 4) is 0 Å². The second-order valence-corrected chi connectivity index (χ2v) is 3.96. The zero-order valence-corrected chi connectivity index (χ0v) is 9.95. The monoisotopic (exact) mass is 208 g/mol. The Hall–Kier alpha value is -1.22. The summed E-state index contributed by atoms with van der Waals surface area (Å²) in [6.07, 6.45) is 0. The summed E-state index contributed by atoms with van der Waals surface area (Å²) in [5, 5.41) is 0. The summed E-state index contributed by atoms with van der Waals surface area (Å²) in [6, 6.07) is 6.44. The minimum absolute atomic E-state index is 0.359. The molecule has 0 fully saturated rings. The summed E-state index contributed by atoms with van der Waals surface area (Å²) < 4.78 is 5.13. The van der Waals surface area contributed by atoms with Crippen molar-refractivity contribution < 1.29 is 4.74 Å². The van der Waals surface area contributed by atoms with E-state index in [2.05, 4.69) is 24.9 Å². The van der Waals surface area contributed by atoms with Gasteiger partial charge in [-0.1, -0.05) is 0 Å². The van der Waals surface area contributed by atoms with Crippen molar-refractivity contribution in [1.29, 1.82) is 0 Å². The molecule has 1 rings (SSSR count). The van der Waals surface area contributed by atoms with Crippen LogP contribution in [-0.4, -0.2) is 26.8 Å². The van der Waals surface area contributed by atoms with Gasteiger partial charge in [0, 0.05) is 31.6 Å². The molecule has 15 heavy (non-hydrogen) atoms. The molecule has 1 aromatic rings. The quantitative estimate of drug-likeness (QED) is 0.770. The van der Waals surface area contributed by atoms with Crippen molar-refractivity contribution in [2.75, 3.05) is 31.4 Å². The Bertz CT molecular complexity index is 325. The number of rotatable bonds is 4. The lowest BCUT2D eigenvalue weighted by atomic mass is 10.1. The first-order valence-electron chi connectivity index (χ1n) is 5.14. The van der Waals surface area contributed by atoms with E-state index in [9.17, 15) is 0 Å². The van der Waals surface area contributed by atoms with Crippen LogP contribution < -0.4 is 10.6 Å². The molecule has 0 saturated carbocycles. The SMILES string of the molecule is COCC(C)N(C)c1ccc(N)c(C)c1. The Morgan fingerprint density at radius 3 is 2.67 bits per heavy atom. The van der Waals surface area contributed by atoms with Gasteiger partial charge in [-0.05, 0) is 37.6 Å². The van der Waals surface area contributed by atoms with Crippen LogP contribution >= 0.6 is 0 Å². The molecule has 0 radical (unpaired) electrons. The third-order valence-corrected chi connectivity index (χ3v) is 2.73. The van der Waals surface area contributed by atoms with Gasteiger partial charge in [0.1, 0.15) is 0 Å². The Balaban J connectivity index is 2.81. The van der Waals surface area contributed by atoms with Crippen molar-refractivity contribution in [2.24, 2.45) is 0 Å². The Labute approximate surface area is 91.8 Å². The van der Waals surface area contributed by atoms with Crippen molar-refractivity contribution in [1.82, 2.24) is 0 Å². The molecule has 2 N–H and O–H groups in total. The zero-order chi connectivity index (χ0) is 11.4. The highest BCUT2D eigenvalue weighted by molar-refractivity contribution is 5.58. The predicted molar refractivity (Wildman–Crippen MR) is 65.3 cm³/mol. The number of likely N-dealkylation sites (N-methyl/N-ethyl adjacent to an activating group) is 1. The molecule has 1 aromatic carbocycles. The summed E-state index contributed by atoms with van der Waals surface area (Å²) in [6.45, 7) is 4.88. The Morgan fingerprint density at radius 1 is 1.47 bits per heavy atom. The smallest absolute Gasteiger partial charge is 0.0663 e. The van der Waals surface area contributed by atoms with Gasteiger partial charge in [0.05, 0.1) is 6.61 Å². The van der Waals surface area contributed by atoms with E-state index in [0.717, 1.165) is 17.9 Å². The summed E-state index contributed by atoms with van der Waals surface area (Å²) in [5.41, 5.74) is 8.91. The summed E-state index contributed by atoms with van der Waals surface area (Å²) >= 11 is 0. The van der Waals surface area contributed by atoms with Gasteiger partial charge in [-0.15, -0.1) is 0 Å². The van der Waals surface area contributed by atoms with Gasteiger partial charge in [0.2, 0.25) is 0 Å². The third-order valence-electron chi connectivity index (χ3n) is 2.73. The van der Waals surface area contributed by atoms with Crippen LogP contribution in [0.15, 0.2) is 18.2 Å². The average Bonchev–Trinajstić information content (AvgIpc) is 2.21. The van der Waals surface area contributed by atoms with Gasteiger partial charge < -0.3 is 15.4 Å². The lowest BCUT2D eigenvalue weighted by Crippen LogP contribution is -2.32. The topological polar surface area (TPSA) is 38.5 Å². The third kappa shape index (κ3) is 2.86. The van der Waals surface area contributed by atoms with E-state index >= 15 is 0 Å². The normalized spacial score (nSPS) is 12.5. The fraction of sp³-hybridized carbons (Fsp3) is 0.500. The molecule has 0 aliphatic rings. The number of hydrogen-bond donors (Lipinski definition) is 1. The van der Waals surface area contributed by atoms with Crippen LogP contribution in [0.3, 0.4) is 0 Å². The fourth-order valence-electron chi connectivity index (χ4n) is 1.49. The Kier molecular flexibility index (Phi) is 3.97. The van der Waals surface area contributed by atoms with Gasteiger partial charge in [0.15, 0.2) is 0 Å². The van der Waals surface area contributed by atoms with Crippen LogP contribution in [0.25, 0.3) is 0 Å². The number of anilines is 2. The fourth-order valence-corrected chi connectivity index (χ4v) is 1.49. The van der Waals surface area contributed by atoms with Crippen molar-refractivity contribution in [3.63, 3.8) is 0 Å². The first-order valence-corrected chi connectivity index (χ1v) is 5.14. The molecule has 1 atom stereocenters. The van der Waals surface area contributed by atoms with Gasteiger partial charge in [-0.2, -0.15) is 0 Å². The van der Waals surface area contributed by atoms with E-state index in [0.29, 0.717) is 6.04 Å². The molecule has 0 bridgehead atoms. The molecule has 0 aromatic heterocycles. The van der Waals surface area contributed by atoms with Crippen molar-refractivity contribution >= 4 is 11.4 Å². The zero-order valence-electron chi connectivity index (χ0n) is 9.95. The molecular weight excluding hydrogens is 188 g/mol. The first-order chi connectivity index (χ1) is 7.06. The highest BCUT2D eigenvalue weighted by Crippen LogP contribution is 2.21. The first kappa shape index (κ1) is 11.9.